The van der Waals surface area contributed by atoms with Gasteiger partial charge in [0, 0.05) is 37.9 Å². The molecule has 0 aliphatic carbocycles. The van der Waals surface area contributed by atoms with Crippen LogP contribution in [-0.2, 0) is 0 Å². The van der Waals surface area contributed by atoms with Crippen LogP contribution in [0, 0.1) is 5.92 Å². The number of likely N-dealkylation sites (tertiary alicyclic amines) is 1. The third-order valence-electron chi connectivity index (χ3n) is 3.87. The molecule has 2 unspecified atom stereocenters. The van der Waals surface area contributed by atoms with E-state index in [4.69, 9.17) is 5.73 Å². The summed E-state index contributed by atoms with van der Waals surface area (Å²) in [6.45, 7) is 3.54. The Morgan fingerprint density at radius 3 is 2.79 bits per heavy atom. The van der Waals surface area contributed by atoms with Crippen LogP contribution in [0.1, 0.15) is 23.7 Å². The molecule has 0 bridgehead atoms. The fourth-order valence-electron chi connectivity index (χ4n) is 2.68. The molecule has 1 amide bonds. The molecule has 19 heavy (non-hydrogen) atoms. The maximum Gasteiger partial charge on any atom is 0.254 e. The molecule has 2 rings (SSSR count). The standard InChI is InChI=1S/C15H23N3O/c1-11-7-12(9-16)10-18(11)15(19)13-5-4-6-14(8-13)17(2)3/h4-6,8,11-12H,7,9-10,16H2,1-3H3. The van der Waals surface area contributed by atoms with Gasteiger partial charge in [0.25, 0.3) is 5.91 Å². The summed E-state index contributed by atoms with van der Waals surface area (Å²) in [5, 5.41) is 0. The van der Waals surface area contributed by atoms with Gasteiger partial charge in [0.2, 0.25) is 0 Å². The van der Waals surface area contributed by atoms with E-state index in [2.05, 4.69) is 6.92 Å². The van der Waals surface area contributed by atoms with Crippen molar-refractivity contribution in [3.05, 3.63) is 29.8 Å². The minimum atomic E-state index is 0.118. The summed E-state index contributed by atoms with van der Waals surface area (Å²) in [4.78, 5) is 16.5. The first kappa shape index (κ1) is 13.9. The van der Waals surface area contributed by atoms with E-state index in [1.54, 1.807) is 0 Å². The highest BCUT2D eigenvalue weighted by atomic mass is 16.2. The third kappa shape index (κ3) is 2.89. The topological polar surface area (TPSA) is 49.6 Å². The fraction of sp³-hybridized carbons (Fsp3) is 0.533. The molecule has 0 radical (unpaired) electrons. The van der Waals surface area contributed by atoms with Crippen molar-refractivity contribution in [3.8, 4) is 0 Å². The zero-order valence-corrected chi connectivity index (χ0v) is 12.0. The first-order valence-electron chi connectivity index (χ1n) is 6.81. The average molecular weight is 261 g/mol. The van der Waals surface area contributed by atoms with E-state index in [0.717, 1.165) is 24.2 Å². The summed E-state index contributed by atoms with van der Waals surface area (Å²) in [6, 6.07) is 8.06. The number of rotatable bonds is 3. The van der Waals surface area contributed by atoms with Gasteiger partial charge in [-0.3, -0.25) is 4.79 Å². The Bertz CT molecular complexity index is 458. The zero-order valence-electron chi connectivity index (χ0n) is 12.0. The summed E-state index contributed by atoms with van der Waals surface area (Å²) >= 11 is 0. The van der Waals surface area contributed by atoms with Gasteiger partial charge < -0.3 is 15.5 Å². The molecule has 1 heterocycles. The second-order valence-corrected chi connectivity index (χ2v) is 5.59. The van der Waals surface area contributed by atoms with Crippen molar-refractivity contribution in [2.24, 2.45) is 11.7 Å². The molecule has 1 aliphatic rings. The van der Waals surface area contributed by atoms with Gasteiger partial charge >= 0.3 is 0 Å². The summed E-state index contributed by atoms with van der Waals surface area (Å²) < 4.78 is 0. The molecule has 4 heteroatoms. The molecule has 4 nitrogen and oxygen atoms in total. The van der Waals surface area contributed by atoms with Crippen LogP contribution in [0.2, 0.25) is 0 Å². The highest BCUT2D eigenvalue weighted by Crippen LogP contribution is 2.25. The van der Waals surface area contributed by atoms with Crippen LogP contribution in [0.3, 0.4) is 0 Å². The molecule has 2 N–H and O–H groups in total. The van der Waals surface area contributed by atoms with Crippen molar-refractivity contribution in [2.45, 2.75) is 19.4 Å². The fourth-order valence-corrected chi connectivity index (χ4v) is 2.68. The van der Waals surface area contributed by atoms with Crippen molar-refractivity contribution < 1.29 is 4.79 Å². The van der Waals surface area contributed by atoms with Gasteiger partial charge in [0.05, 0.1) is 0 Å². The van der Waals surface area contributed by atoms with E-state index in [1.807, 2.05) is 48.2 Å². The van der Waals surface area contributed by atoms with Gasteiger partial charge in [-0.25, -0.2) is 0 Å². The zero-order chi connectivity index (χ0) is 14.0. The number of hydrogen-bond donors (Lipinski definition) is 1. The summed E-state index contributed by atoms with van der Waals surface area (Å²) in [7, 11) is 3.96. The van der Waals surface area contributed by atoms with Crippen LogP contribution in [0.4, 0.5) is 5.69 Å². The maximum absolute atomic E-state index is 12.6. The monoisotopic (exact) mass is 261 g/mol. The Hall–Kier alpha value is -1.55. The van der Waals surface area contributed by atoms with Gasteiger partial charge in [-0.2, -0.15) is 0 Å². The number of anilines is 1. The van der Waals surface area contributed by atoms with E-state index in [9.17, 15) is 4.79 Å². The number of carbonyl (C=O) groups excluding carboxylic acids is 1. The molecular formula is C15H23N3O. The Balaban J connectivity index is 2.18. The minimum absolute atomic E-state index is 0.118. The highest BCUT2D eigenvalue weighted by Gasteiger charge is 2.32. The van der Waals surface area contributed by atoms with Crippen molar-refractivity contribution in [1.82, 2.24) is 4.90 Å². The molecule has 2 atom stereocenters. The number of carbonyl (C=O) groups is 1. The van der Waals surface area contributed by atoms with Crippen LogP contribution < -0.4 is 10.6 Å². The lowest BCUT2D eigenvalue weighted by molar-refractivity contribution is 0.0743. The quantitative estimate of drug-likeness (QED) is 0.898. The van der Waals surface area contributed by atoms with Crippen LogP contribution in [0.25, 0.3) is 0 Å². The van der Waals surface area contributed by atoms with Crippen molar-refractivity contribution in [3.63, 3.8) is 0 Å². The SMILES string of the molecule is CC1CC(CN)CN1C(=O)c1cccc(N(C)C)c1. The average Bonchev–Trinajstić information content (AvgIpc) is 2.79. The number of hydrogen-bond acceptors (Lipinski definition) is 3. The third-order valence-corrected chi connectivity index (χ3v) is 3.87. The van der Waals surface area contributed by atoms with E-state index >= 15 is 0 Å². The lowest BCUT2D eigenvalue weighted by Crippen LogP contribution is -2.34. The predicted octanol–water partition coefficient (Wildman–Crippen LogP) is 1.56. The lowest BCUT2D eigenvalue weighted by Gasteiger charge is -2.22. The van der Waals surface area contributed by atoms with Gasteiger partial charge in [-0.05, 0) is 44.0 Å². The summed E-state index contributed by atoms with van der Waals surface area (Å²) in [5.41, 5.74) is 7.53. The molecule has 0 saturated carbocycles. The first-order chi connectivity index (χ1) is 9.02. The predicted molar refractivity (Wildman–Crippen MR) is 78.4 cm³/mol. The van der Waals surface area contributed by atoms with E-state index in [0.29, 0.717) is 12.5 Å². The molecule has 104 valence electrons. The molecular weight excluding hydrogens is 238 g/mol. The van der Waals surface area contributed by atoms with Crippen LogP contribution in [-0.4, -0.2) is 44.0 Å². The molecule has 1 saturated heterocycles. The molecule has 1 aliphatic heterocycles. The second-order valence-electron chi connectivity index (χ2n) is 5.59. The number of benzene rings is 1. The summed E-state index contributed by atoms with van der Waals surface area (Å²) in [6.07, 6.45) is 1.01. The smallest absolute Gasteiger partial charge is 0.254 e. The Morgan fingerprint density at radius 1 is 1.47 bits per heavy atom. The van der Waals surface area contributed by atoms with Crippen molar-refractivity contribution in [2.75, 3.05) is 32.1 Å². The number of nitrogens with two attached hydrogens (primary N) is 1. The normalized spacial score (nSPS) is 22.6. The molecule has 1 fully saturated rings. The van der Waals surface area contributed by atoms with E-state index in [1.165, 1.54) is 0 Å². The van der Waals surface area contributed by atoms with Crippen molar-refractivity contribution in [1.29, 1.82) is 0 Å². The number of nitrogens with zero attached hydrogens (tertiary/aromatic N) is 2. The van der Waals surface area contributed by atoms with Crippen LogP contribution in [0.15, 0.2) is 24.3 Å². The Kier molecular flexibility index (Phi) is 4.10. The Morgan fingerprint density at radius 2 is 2.21 bits per heavy atom. The Labute approximate surface area is 115 Å². The maximum atomic E-state index is 12.6. The molecule has 0 aromatic heterocycles. The van der Waals surface area contributed by atoms with Gasteiger partial charge in [0.15, 0.2) is 0 Å². The van der Waals surface area contributed by atoms with Gasteiger partial charge in [0.1, 0.15) is 0 Å². The van der Waals surface area contributed by atoms with E-state index in [-0.39, 0.29) is 11.9 Å². The molecule has 1 aromatic rings. The number of amides is 1. The largest absolute Gasteiger partial charge is 0.378 e. The minimum Gasteiger partial charge on any atom is -0.378 e. The molecule has 1 aromatic carbocycles. The van der Waals surface area contributed by atoms with Crippen LogP contribution in [0.5, 0.6) is 0 Å². The highest BCUT2D eigenvalue weighted by molar-refractivity contribution is 5.95. The van der Waals surface area contributed by atoms with E-state index < -0.39 is 0 Å². The second kappa shape index (κ2) is 5.61. The van der Waals surface area contributed by atoms with Crippen LogP contribution >= 0.6 is 0 Å². The first-order valence-corrected chi connectivity index (χ1v) is 6.81. The van der Waals surface area contributed by atoms with Gasteiger partial charge in [-0.15, -0.1) is 0 Å². The lowest BCUT2D eigenvalue weighted by atomic mass is 10.1. The van der Waals surface area contributed by atoms with Crippen molar-refractivity contribution >= 4 is 11.6 Å². The summed E-state index contributed by atoms with van der Waals surface area (Å²) in [5.74, 6) is 0.558. The molecule has 0 spiro atoms. The van der Waals surface area contributed by atoms with Gasteiger partial charge in [-0.1, -0.05) is 6.07 Å².